The van der Waals surface area contributed by atoms with E-state index in [0.29, 0.717) is 30.0 Å². The number of carbonyl (C=O) groups is 2. The number of rotatable bonds is 6. The molecule has 1 saturated heterocycles. The molecule has 2 amide bonds. The normalized spacial score (nSPS) is 14.3. The molecule has 10 heteroatoms. The Labute approximate surface area is 203 Å². The highest BCUT2D eigenvalue weighted by Gasteiger charge is 2.27. The van der Waals surface area contributed by atoms with Crippen LogP contribution in [0.5, 0.6) is 0 Å². The third-order valence-corrected chi connectivity index (χ3v) is 7.44. The van der Waals surface area contributed by atoms with Gasteiger partial charge in [0, 0.05) is 37.3 Å². The lowest BCUT2D eigenvalue weighted by Gasteiger charge is -2.35. The molecule has 8 nitrogen and oxygen atoms in total. The summed E-state index contributed by atoms with van der Waals surface area (Å²) in [5, 5.41) is 0. The van der Waals surface area contributed by atoms with Crippen molar-refractivity contribution >= 4 is 21.8 Å². The fourth-order valence-corrected chi connectivity index (χ4v) is 4.87. The van der Waals surface area contributed by atoms with Gasteiger partial charge in [0.1, 0.15) is 11.6 Å². The smallest absolute Gasteiger partial charge is 0.254 e. The highest BCUT2D eigenvalue weighted by molar-refractivity contribution is 7.89. The van der Waals surface area contributed by atoms with Gasteiger partial charge in [-0.05, 0) is 61.4 Å². The van der Waals surface area contributed by atoms with Gasteiger partial charge in [-0.1, -0.05) is 12.1 Å². The van der Waals surface area contributed by atoms with Crippen molar-refractivity contribution in [3.63, 3.8) is 0 Å². The highest BCUT2D eigenvalue weighted by Crippen LogP contribution is 2.20. The number of amides is 2. The fraction of sp³-hybridized carbons (Fsp3) is 0.280. The van der Waals surface area contributed by atoms with Crippen LogP contribution in [-0.2, 0) is 16.6 Å². The second-order valence-electron chi connectivity index (χ2n) is 8.43. The van der Waals surface area contributed by atoms with E-state index < -0.39 is 15.8 Å². The summed E-state index contributed by atoms with van der Waals surface area (Å²) in [5.41, 5.74) is 1.66. The summed E-state index contributed by atoms with van der Waals surface area (Å²) in [4.78, 5) is 29.1. The summed E-state index contributed by atoms with van der Waals surface area (Å²) in [6, 6.07) is 12.1. The van der Waals surface area contributed by atoms with Gasteiger partial charge in [-0.25, -0.2) is 17.5 Å². The lowest BCUT2D eigenvalue weighted by Crippen LogP contribution is -2.50. The van der Waals surface area contributed by atoms with Gasteiger partial charge in [0.15, 0.2) is 0 Å². The van der Waals surface area contributed by atoms with E-state index in [1.165, 1.54) is 24.5 Å². The maximum atomic E-state index is 13.9. The minimum absolute atomic E-state index is 0.00659. The number of furan rings is 1. The number of nitrogens with one attached hydrogen (secondary N) is 1. The van der Waals surface area contributed by atoms with E-state index in [0.717, 1.165) is 0 Å². The number of halogens is 1. The Morgan fingerprint density at radius 2 is 1.60 bits per heavy atom. The molecule has 0 radical (unpaired) electrons. The van der Waals surface area contributed by atoms with Crippen molar-refractivity contribution in [2.45, 2.75) is 25.3 Å². The molecule has 1 aliphatic rings. The van der Waals surface area contributed by atoms with Crippen molar-refractivity contribution in [3.8, 4) is 0 Å². The van der Waals surface area contributed by atoms with Gasteiger partial charge < -0.3 is 14.2 Å². The van der Waals surface area contributed by atoms with Crippen LogP contribution in [0, 0.1) is 19.7 Å². The summed E-state index contributed by atoms with van der Waals surface area (Å²) < 4.78 is 47.0. The number of aryl methyl sites for hydroxylation is 2. The lowest BCUT2D eigenvalue weighted by molar-refractivity contribution is 0.0534. The maximum absolute atomic E-state index is 13.9. The first-order valence-corrected chi connectivity index (χ1v) is 12.6. The fourth-order valence-electron chi connectivity index (χ4n) is 3.85. The van der Waals surface area contributed by atoms with Crippen LogP contribution in [0.1, 0.15) is 37.6 Å². The number of carbonyl (C=O) groups excluding carboxylic acids is 2. The first-order chi connectivity index (χ1) is 16.7. The van der Waals surface area contributed by atoms with Gasteiger partial charge in [-0.2, -0.15) is 0 Å². The largest absolute Gasteiger partial charge is 0.468 e. The molecule has 3 aromatic rings. The Balaban J connectivity index is 1.43. The van der Waals surface area contributed by atoms with Gasteiger partial charge in [0.2, 0.25) is 10.0 Å². The van der Waals surface area contributed by atoms with E-state index in [1.54, 1.807) is 54.0 Å². The van der Waals surface area contributed by atoms with Crippen LogP contribution in [-0.4, -0.2) is 56.2 Å². The number of hydrogen-bond acceptors (Lipinski definition) is 5. The van der Waals surface area contributed by atoms with Gasteiger partial charge in [-0.15, -0.1) is 0 Å². The Morgan fingerprint density at radius 3 is 2.23 bits per heavy atom. The number of hydrogen-bond donors (Lipinski definition) is 1. The van der Waals surface area contributed by atoms with E-state index >= 15 is 0 Å². The molecule has 1 aliphatic heterocycles. The SMILES string of the molecule is Cc1ccc(C(=O)N2CCN(C(=O)c3cc(S(=O)(=O)NCc4ccco4)ccc3C)CC2)cc1F. The van der Waals surface area contributed by atoms with E-state index in [4.69, 9.17) is 4.42 Å². The molecule has 4 rings (SSSR count). The van der Waals surface area contributed by atoms with Crippen LogP contribution in [0.2, 0.25) is 0 Å². The number of benzene rings is 2. The molecule has 1 aromatic heterocycles. The van der Waals surface area contributed by atoms with Crippen LogP contribution in [0.15, 0.2) is 64.1 Å². The first-order valence-electron chi connectivity index (χ1n) is 11.1. The molecule has 0 aliphatic carbocycles. The Morgan fingerprint density at radius 1 is 0.943 bits per heavy atom. The average molecular weight is 500 g/mol. The zero-order valence-corrected chi connectivity index (χ0v) is 20.3. The summed E-state index contributed by atoms with van der Waals surface area (Å²) in [7, 11) is -3.86. The maximum Gasteiger partial charge on any atom is 0.254 e. The molecule has 0 bridgehead atoms. The molecule has 1 N–H and O–H groups in total. The average Bonchev–Trinajstić information content (AvgIpc) is 3.38. The van der Waals surface area contributed by atoms with Gasteiger partial charge in [0.25, 0.3) is 11.8 Å². The van der Waals surface area contributed by atoms with E-state index in [-0.39, 0.29) is 47.5 Å². The van der Waals surface area contributed by atoms with Gasteiger partial charge in [0.05, 0.1) is 17.7 Å². The second-order valence-corrected chi connectivity index (χ2v) is 10.2. The van der Waals surface area contributed by atoms with Crippen LogP contribution < -0.4 is 4.72 Å². The summed E-state index contributed by atoms with van der Waals surface area (Å²) in [5.74, 6) is -0.562. The third-order valence-electron chi connectivity index (χ3n) is 6.04. The second kappa shape index (κ2) is 10.0. The first kappa shape index (κ1) is 24.6. The summed E-state index contributed by atoms with van der Waals surface area (Å²) >= 11 is 0. The molecule has 2 heterocycles. The topological polar surface area (TPSA) is 99.9 Å². The van der Waals surface area contributed by atoms with Gasteiger partial charge >= 0.3 is 0 Å². The molecule has 184 valence electrons. The molecule has 2 aromatic carbocycles. The Hall–Kier alpha value is -3.50. The van der Waals surface area contributed by atoms with E-state index in [9.17, 15) is 22.4 Å². The molecule has 0 unspecified atom stereocenters. The minimum Gasteiger partial charge on any atom is -0.468 e. The molecule has 0 saturated carbocycles. The summed E-state index contributed by atoms with van der Waals surface area (Å²) in [6.07, 6.45) is 1.46. The molecule has 0 atom stereocenters. The third kappa shape index (κ3) is 5.44. The molecule has 0 spiro atoms. The number of piperazine rings is 1. The molecule has 1 fully saturated rings. The number of sulfonamides is 1. The minimum atomic E-state index is -3.86. The lowest BCUT2D eigenvalue weighted by atomic mass is 10.1. The van der Waals surface area contributed by atoms with Gasteiger partial charge in [-0.3, -0.25) is 9.59 Å². The van der Waals surface area contributed by atoms with E-state index in [1.807, 2.05) is 0 Å². The predicted molar refractivity (Wildman–Crippen MR) is 127 cm³/mol. The molecule has 35 heavy (non-hydrogen) atoms. The van der Waals surface area contributed by atoms with Crippen molar-refractivity contribution in [3.05, 3.63) is 88.6 Å². The van der Waals surface area contributed by atoms with Crippen molar-refractivity contribution in [1.29, 1.82) is 0 Å². The van der Waals surface area contributed by atoms with Crippen LogP contribution in [0.3, 0.4) is 0 Å². The highest BCUT2D eigenvalue weighted by atomic mass is 32.2. The quantitative estimate of drug-likeness (QED) is 0.562. The summed E-state index contributed by atoms with van der Waals surface area (Å²) in [6.45, 7) is 4.52. The van der Waals surface area contributed by atoms with Crippen LogP contribution in [0.4, 0.5) is 4.39 Å². The zero-order valence-electron chi connectivity index (χ0n) is 19.5. The van der Waals surface area contributed by atoms with Crippen molar-refractivity contribution < 1.29 is 26.8 Å². The molecular weight excluding hydrogens is 473 g/mol. The molecular formula is C25H26FN3O5S. The standard InChI is InChI=1S/C25H26FN3O5S/c1-17-6-8-21(35(32,33)27-16-20-4-3-13-34-20)15-22(17)25(31)29-11-9-28(10-12-29)24(30)19-7-5-18(2)23(26)14-19/h3-8,13-15,27H,9-12,16H2,1-2H3. The van der Waals surface area contributed by atoms with E-state index in [2.05, 4.69) is 4.72 Å². The van der Waals surface area contributed by atoms with Crippen molar-refractivity contribution in [2.75, 3.05) is 26.2 Å². The van der Waals surface area contributed by atoms with Crippen LogP contribution in [0.25, 0.3) is 0 Å². The van der Waals surface area contributed by atoms with Crippen molar-refractivity contribution in [2.24, 2.45) is 0 Å². The Bertz CT molecular complexity index is 1350. The Kier molecular flexibility index (Phi) is 7.04. The van der Waals surface area contributed by atoms with Crippen LogP contribution >= 0.6 is 0 Å². The monoisotopic (exact) mass is 499 g/mol. The number of nitrogens with zero attached hydrogens (tertiary/aromatic N) is 2. The predicted octanol–water partition coefficient (Wildman–Crippen LogP) is 3.11. The zero-order chi connectivity index (χ0) is 25.2. The van der Waals surface area contributed by atoms with Crippen molar-refractivity contribution in [1.82, 2.24) is 14.5 Å².